The van der Waals surface area contributed by atoms with Gasteiger partial charge in [-0.15, -0.1) is 0 Å². The van der Waals surface area contributed by atoms with Gasteiger partial charge in [0.2, 0.25) is 5.95 Å². The van der Waals surface area contributed by atoms with Gasteiger partial charge in [0.15, 0.2) is 11.6 Å². The summed E-state index contributed by atoms with van der Waals surface area (Å²) in [5.41, 5.74) is 7.43. The SMILES string of the molecule is C=CN(c1ccoc1)c1nc(N2CCN(C)CC2)nc(NCc2nc3cc(C(F)(F)F)ccc3[nH]2)c1N. The summed E-state index contributed by atoms with van der Waals surface area (Å²) in [7, 11) is 2.06. The van der Waals surface area contributed by atoms with E-state index < -0.39 is 11.7 Å². The number of piperazine rings is 1. The first-order valence-corrected chi connectivity index (χ1v) is 11.6. The first-order valence-electron chi connectivity index (χ1n) is 11.6. The van der Waals surface area contributed by atoms with Gasteiger partial charge in [-0.25, -0.2) is 4.98 Å². The van der Waals surface area contributed by atoms with Crippen LogP contribution in [0, 0.1) is 0 Å². The number of nitrogens with two attached hydrogens (primary N) is 1. The van der Waals surface area contributed by atoms with Crippen LogP contribution in [0.3, 0.4) is 0 Å². The van der Waals surface area contributed by atoms with Crippen LogP contribution >= 0.6 is 0 Å². The Hall–Kier alpha value is -4.26. The Morgan fingerprint density at radius 2 is 1.97 bits per heavy atom. The molecule has 194 valence electrons. The number of furan rings is 1. The third-order valence-corrected chi connectivity index (χ3v) is 6.18. The predicted octanol–water partition coefficient (Wildman–Crippen LogP) is 4.19. The Morgan fingerprint density at radius 1 is 1.19 bits per heavy atom. The highest BCUT2D eigenvalue weighted by atomic mass is 19.4. The fourth-order valence-corrected chi connectivity index (χ4v) is 4.11. The molecule has 4 N–H and O–H groups in total. The largest absolute Gasteiger partial charge is 0.470 e. The summed E-state index contributed by atoms with van der Waals surface area (Å²) in [4.78, 5) is 22.8. The molecule has 1 fully saturated rings. The average Bonchev–Trinajstić information content (AvgIpc) is 3.54. The molecule has 0 radical (unpaired) electrons. The second kappa shape index (κ2) is 9.65. The molecule has 4 aromatic rings. The van der Waals surface area contributed by atoms with Crippen molar-refractivity contribution in [2.45, 2.75) is 12.7 Å². The van der Waals surface area contributed by atoms with E-state index in [0.717, 1.165) is 38.3 Å². The van der Waals surface area contributed by atoms with Crippen LogP contribution < -0.4 is 20.9 Å². The number of anilines is 5. The number of benzene rings is 1. The number of hydrogen-bond acceptors (Lipinski definition) is 9. The lowest BCUT2D eigenvalue weighted by Gasteiger charge is -2.33. The molecule has 37 heavy (non-hydrogen) atoms. The molecule has 1 aromatic carbocycles. The van der Waals surface area contributed by atoms with E-state index in [0.29, 0.717) is 34.6 Å². The quantitative estimate of drug-likeness (QED) is 0.335. The van der Waals surface area contributed by atoms with Crippen molar-refractivity contribution in [2.24, 2.45) is 0 Å². The molecule has 0 amide bonds. The maximum absolute atomic E-state index is 13.1. The lowest BCUT2D eigenvalue weighted by molar-refractivity contribution is -0.137. The maximum atomic E-state index is 13.1. The molecule has 0 bridgehead atoms. The van der Waals surface area contributed by atoms with Crippen LogP contribution in [-0.2, 0) is 12.7 Å². The molecule has 5 rings (SSSR count). The minimum atomic E-state index is -4.44. The number of aromatic nitrogens is 4. The van der Waals surface area contributed by atoms with Gasteiger partial charge in [0, 0.05) is 38.4 Å². The number of nitrogens with one attached hydrogen (secondary N) is 2. The standard InChI is InChI=1S/C24H26F3N9O/c1-3-36(16-6-11-37-14-16)22-20(28)21(32-23(33-22)35-9-7-34(2)8-10-35)29-13-19-30-17-5-4-15(24(25,26)27)12-18(17)31-19/h3-6,11-12,14H,1,7-10,13,28H2,2H3,(H,30,31)(H,29,32,33). The van der Waals surface area contributed by atoms with Gasteiger partial charge >= 0.3 is 6.18 Å². The fourth-order valence-electron chi connectivity index (χ4n) is 4.11. The molecule has 0 spiro atoms. The Kier molecular flexibility index (Phi) is 6.38. The van der Waals surface area contributed by atoms with Crippen LogP contribution in [0.5, 0.6) is 0 Å². The molecule has 1 saturated heterocycles. The summed E-state index contributed by atoms with van der Waals surface area (Å²) >= 11 is 0. The smallest absolute Gasteiger partial charge is 0.416 e. The summed E-state index contributed by atoms with van der Waals surface area (Å²) < 4.78 is 44.5. The molecular weight excluding hydrogens is 487 g/mol. The van der Waals surface area contributed by atoms with Crippen molar-refractivity contribution in [3.05, 3.63) is 61.0 Å². The van der Waals surface area contributed by atoms with Crippen LogP contribution in [0.25, 0.3) is 11.0 Å². The summed E-state index contributed by atoms with van der Waals surface area (Å²) in [5.74, 6) is 1.72. The number of alkyl halides is 3. The number of imidazole rings is 1. The highest BCUT2D eigenvalue weighted by Crippen LogP contribution is 2.35. The third kappa shape index (κ3) is 5.03. The molecule has 1 aliphatic rings. The minimum absolute atomic E-state index is 0.151. The number of halogens is 3. The number of H-pyrrole nitrogens is 1. The number of rotatable bonds is 7. The van der Waals surface area contributed by atoms with Crippen molar-refractivity contribution in [3.63, 3.8) is 0 Å². The first kappa shape index (κ1) is 24.4. The van der Waals surface area contributed by atoms with E-state index in [-0.39, 0.29) is 17.7 Å². The van der Waals surface area contributed by atoms with Crippen molar-refractivity contribution in [1.82, 2.24) is 24.8 Å². The topological polar surface area (TPSA) is 115 Å². The van der Waals surface area contributed by atoms with E-state index in [9.17, 15) is 13.2 Å². The molecule has 10 nitrogen and oxygen atoms in total. The van der Waals surface area contributed by atoms with Crippen LogP contribution in [0.1, 0.15) is 11.4 Å². The van der Waals surface area contributed by atoms with E-state index >= 15 is 0 Å². The Labute approximate surface area is 210 Å². The molecule has 4 heterocycles. The summed E-state index contributed by atoms with van der Waals surface area (Å²) in [6.45, 7) is 7.24. The molecule has 3 aromatic heterocycles. The third-order valence-electron chi connectivity index (χ3n) is 6.18. The molecule has 0 atom stereocenters. The number of hydrogen-bond donors (Lipinski definition) is 3. The zero-order chi connectivity index (χ0) is 26.2. The Bertz CT molecular complexity index is 1390. The highest BCUT2D eigenvalue weighted by molar-refractivity contribution is 5.82. The zero-order valence-corrected chi connectivity index (χ0v) is 20.1. The van der Waals surface area contributed by atoms with Crippen molar-refractivity contribution < 1.29 is 17.6 Å². The first-order chi connectivity index (χ1) is 17.7. The summed E-state index contributed by atoms with van der Waals surface area (Å²) in [6.07, 6.45) is 0.229. The highest BCUT2D eigenvalue weighted by Gasteiger charge is 2.31. The van der Waals surface area contributed by atoms with Crippen LogP contribution in [-0.4, -0.2) is 58.1 Å². The van der Waals surface area contributed by atoms with Gasteiger partial charge in [0.1, 0.15) is 17.8 Å². The zero-order valence-electron chi connectivity index (χ0n) is 20.1. The molecular formula is C24H26F3N9O. The lowest BCUT2D eigenvalue weighted by Crippen LogP contribution is -2.45. The van der Waals surface area contributed by atoms with E-state index in [1.54, 1.807) is 23.4 Å². The molecule has 0 saturated carbocycles. The van der Waals surface area contributed by atoms with Crippen LogP contribution in [0.15, 0.2) is 54.0 Å². The molecule has 1 aliphatic heterocycles. The second-order valence-corrected chi connectivity index (χ2v) is 8.70. The minimum Gasteiger partial charge on any atom is -0.470 e. The van der Waals surface area contributed by atoms with E-state index in [1.807, 2.05) is 0 Å². The number of fused-ring (bicyclic) bond motifs is 1. The van der Waals surface area contributed by atoms with Gasteiger partial charge in [-0.2, -0.15) is 23.1 Å². The number of aromatic amines is 1. The van der Waals surface area contributed by atoms with Crippen LogP contribution in [0.4, 0.5) is 42.1 Å². The molecule has 0 unspecified atom stereocenters. The number of nitrogen functional groups attached to an aromatic ring is 1. The summed E-state index contributed by atoms with van der Waals surface area (Å²) in [6, 6.07) is 5.17. The van der Waals surface area contributed by atoms with Gasteiger partial charge < -0.3 is 30.3 Å². The van der Waals surface area contributed by atoms with Gasteiger partial charge in [-0.05, 0) is 25.2 Å². The van der Waals surface area contributed by atoms with Crippen molar-refractivity contribution >= 4 is 40.0 Å². The predicted molar refractivity (Wildman–Crippen MR) is 136 cm³/mol. The Balaban J connectivity index is 1.47. The van der Waals surface area contributed by atoms with Crippen molar-refractivity contribution in [2.75, 3.05) is 54.1 Å². The lowest BCUT2D eigenvalue weighted by atomic mass is 10.2. The normalized spacial score (nSPS) is 14.8. The van der Waals surface area contributed by atoms with E-state index in [4.69, 9.17) is 15.1 Å². The maximum Gasteiger partial charge on any atom is 0.416 e. The number of nitrogens with zero attached hydrogens (tertiary/aromatic N) is 6. The van der Waals surface area contributed by atoms with Crippen molar-refractivity contribution in [3.8, 4) is 0 Å². The average molecular weight is 514 g/mol. The van der Waals surface area contributed by atoms with Gasteiger partial charge in [0.25, 0.3) is 0 Å². The fraction of sp³-hybridized carbons (Fsp3) is 0.292. The monoisotopic (exact) mass is 513 g/mol. The van der Waals surface area contributed by atoms with Gasteiger partial charge in [-0.1, -0.05) is 6.58 Å². The second-order valence-electron chi connectivity index (χ2n) is 8.70. The molecule has 13 heteroatoms. The Morgan fingerprint density at radius 3 is 2.65 bits per heavy atom. The molecule has 0 aliphatic carbocycles. The van der Waals surface area contributed by atoms with Crippen LogP contribution in [0.2, 0.25) is 0 Å². The number of likely N-dealkylation sites (N-methyl/N-ethyl adjacent to an activating group) is 1. The van der Waals surface area contributed by atoms with E-state index in [1.165, 1.54) is 12.3 Å². The van der Waals surface area contributed by atoms with E-state index in [2.05, 4.69) is 43.7 Å². The summed E-state index contributed by atoms with van der Waals surface area (Å²) in [5, 5.41) is 3.17. The van der Waals surface area contributed by atoms with Gasteiger partial charge in [-0.3, -0.25) is 4.90 Å². The van der Waals surface area contributed by atoms with Crippen molar-refractivity contribution in [1.29, 1.82) is 0 Å². The van der Waals surface area contributed by atoms with Gasteiger partial charge in [0.05, 0.1) is 35.1 Å².